The summed E-state index contributed by atoms with van der Waals surface area (Å²) < 4.78 is 19.5. The van der Waals surface area contributed by atoms with Gasteiger partial charge in [0.25, 0.3) is 0 Å². The van der Waals surface area contributed by atoms with Gasteiger partial charge in [-0.25, -0.2) is 9.18 Å². The van der Waals surface area contributed by atoms with Crippen molar-refractivity contribution in [2.75, 3.05) is 0 Å². The van der Waals surface area contributed by atoms with E-state index in [0.717, 1.165) is 16.1 Å². The minimum absolute atomic E-state index is 0.00697. The van der Waals surface area contributed by atoms with Gasteiger partial charge in [-0.2, -0.15) is 0 Å². The van der Waals surface area contributed by atoms with E-state index < -0.39 is 17.3 Å². The highest BCUT2D eigenvalue weighted by molar-refractivity contribution is 9.10. The van der Waals surface area contributed by atoms with Crippen molar-refractivity contribution < 1.29 is 19.0 Å². The van der Waals surface area contributed by atoms with Crippen LogP contribution in [0.1, 0.15) is 15.9 Å². The van der Waals surface area contributed by atoms with Crippen LogP contribution in [0, 0.1) is 5.82 Å². The molecule has 0 aliphatic heterocycles. The Morgan fingerprint density at radius 2 is 2.21 bits per heavy atom. The number of halogens is 2. The van der Waals surface area contributed by atoms with E-state index in [-0.39, 0.29) is 12.4 Å². The zero-order valence-corrected chi connectivity index (χ0v) is 11.2. The Morgan fingerprint density at radius 3 is 2.89 bits per heavy atom. The predicted molar refractivity (Wildman–Crippen MR) is 69.6 cm³/mol. The molecule has 0 amide bonds. The zero-order valence-electron chi connectivity index (χ0n) is 9.64. The number of benzene rings is 1. The SMILES string of the molecule is O=C(O)c1c(F)cccc1OCc1cncc(Br)c1. The third-order valence-electron chi connectivity index (χ3n) is 2.35. The molecule has 2 aromatic rings. The van der Waals surface area contributed by atoms with Crippen LogP contribution in [0.25, 0.3) is 0 Å². The minimum Gasteiger partial charge on any atom is -0.488 e. The third-order valence-corrected chi connectivity index (χ3v) is 2.78. The van der Waals surface area contributed by atoms with Gasteiger partial charge in [-0.3, -0.25) is 4.98 Å². The summed E-state index contributed by atoms with van der Waals surface area (Å²) in [5.74, 6) is -2.19. The van der Waals surface area contributed by atoms with Gasteiger partial charge in [-0.15, -0.1) is 0 Å². The van der Waals surface area contributed by atoms with E-state index in [0.29, 0.717) is 0 Å². The topological polar surface area (TPSA) is 59.4 Å². The van der Waals surface area contributed by atoms with Crippen LogP contribution >= 0.6 is 15.9 Å². The molecule has 1 aromatic heterocycles. The van der Waals surface area contributed by atoms with Crippen molar-refractivity contribution >= 4 is 21.9 Å². The first-order valence-corrected chi connectivity index (χ1v) is 6.11. The minimum atomic E-state index is -1.36. The molecule has 0 fully saturated rings. The number of aromatic carboxylic acids is 1. The van der Waals surface area contributed by atoms with Gasteiger partial charge in [0.2, 0.25) is 0 Å². The molecule has 0 bridgehead atoms. The maximum absolute atomic E-state index is 13.4. The zero-order chi connectivity index (χ0) is 13.8. The standard InChI is InChI=1S/C13H9BrFNO3/c14-9-4-8(5-16-6-9)7-19-11-3-1-2-10(15)12(11)13(17)18/h1-6H,7H2,(H,17,18). The Morgan fingerprint density at radius 1 is 1.42 bits per heavy atom. The molecule has 4 nitrogen and oxygen atoms in total. The van der Waals surface area contributed by atoms with Crippen molar-refractivity contribution in [3.63, 3.8) is 0 Å². The van der Waals surface area contributed by atoms with Crippen LogP contribution in [0.15, 0.2) is 41.1 Å². The first kappa shape index (κ1) is 13.5. The summed E-state index contributed by atoms with van der Waals surface area (Å²) in [4.78, 5) is 14.9. The van der Waals surface area contributed by atoms with Crippen molar-refractivity contribution in [1.82, 2.24) is 4.98 Å². The van der Waals surface area contributed by atoms with Crippen LogP contribution in [-0.4, -0.2) is 16.1 Å². The molecule has 0 atom stereocenters. The molecular formula is C13H9BrFNO3. The molecule has 0 unspecified atom stereocenters. The number of pyridine rings is 1. The van der Waals surface area contributed by atoms with Gasteiger partial charge in [0, 0.05) is 22.4 Å². The van der Waals surface area contributed by atoms with Gasteiger partial charge in [0.15, 0.2) is 0 Å². The number of ether oxygens (including phenoxy) is 1. The lowest BCUT2D eigenvalue weighted by atomic mass is 10.2. The van der Waals surface area contributed by atoms with Gasteiger partial charge in [0.05, 0.1) is 0 Å². The first-order valence-electron chi connectivity index (χ1n) is 5.32. The Kier molecular flexibility index (Phi) is 4.11. The van der Waals surface area contributed by atoms with Gasteiger partial charge in [0.1, 0.15) is 23.7 Å². The fourth-order valence-corrected chi connectivity index (χ4v) is 1.94. The van der Waals surface area contributed by atoms with Gasteiger partial charge in [-0.05, 0) is 34.1 Å². The van der Waals surface area contributed by atoms with E-state index in [1.807, 2.05) is 0 Å². The number of aromatic nitrogens is 1. The van der Waals surface area contributed by atoms with Crippen LogP contribution in [0.3, 0.4) is 0 Å². The molecule has 6 heteroatoms. The Bertz CT molecular complexity index is 619. The first-order chi connectivity index (χ1) is 9.08. The fraction of sp³-hybridized carbons (Fsp3) is 0.0769. The largest absolute Gasteiger partial charge is 0.488 e. The Hall–Kier alpha value is -1.95. The van der Waals surface area contributed by atoms with E-state index in [4.69, 9.17) is 9.84 Å². The molecule has 0 spiro atoms. The number of carbonyl (C=O) groups is 1. The fourth-order valence-electron chi connectivity index (χ4n) is 1.53. The van der Waals surface area contributed by atoms with Crippen molar-refractivity contribution in [3.8, 4) is 5.75 Å². The summed E-state index contributed by atoms with van der Waals surface area (Å²) in [5, 5.41) is 8.95. The molecule has 0 saturated heterocycles. The molecule has 1 heterocycles. The van der Waals surface area contributed by atoms with Crippen LogP contribution < -0.4 is 4.74 Å². The molecule has 98 valence electrons. The molecule has 1 aromatic carbocycles. The smallest absolute Gasteiger partial charge is 0.342 e. The molecule has 0 saturated carbocycles. The molecular weight excluding hydrogens is 317 g/mol. The molecule has 0 aliphatic carbocycles. The summed E-state index contributed by atoms with van der Waals surface area (Å²) in [7, 11) is 0. The number of hydrogen-bond acceptors (Lipinski definition) is 3. The number of rotatable bonds is 4. The Labute approximate surface area is 117 Å². The lowest BCUT2D eigenvalue weighted by Crippen LogP contribution is -2.06. The summed E-state index contributed by atoms with van der Waals surface area (Å²) in [5.41, 5.74) is 0.278. The molecule has 1 N–H and O–H groups in total. The Balaban J connectivity index is 2.20. The van der Waals surface area contributed by atoms with Crippen molar-refractivity contribution in [1.29, 1.82) is 0 Å². The number of carboxylic acids is 1. The predicted octanol–water partition coefficient (Wildman–Crippen LogP) is 3.26. The molecule has 19 heavy (non-hydrogen) atoms. The maximum atomic E-state index is 13.4. The quantitative estimate of drug-likeness (QED) is 0.937. The van der Waals surface area contributed by atoms with Crippen LogP contribution in [0.5, 0.6) is 5.75 Å². The third kappa shape index (κ3) is 3.29. The second-order valence-electron chi connectivity index (χ2n) is 3.72. The summed E-state index contributed by atoms with van der Waals surface area (Å²) in [6.07, 6.45) is 3.21. The number of hydrogen-bond donors (Lipinski definition) is 1. The molecule has 0 aliphatic rings. The monoisotopic (exact) mass is 325 g/mol. The van der Waals surface area contributed by atoms with Crippen LogP contribution in [0.2, 0.25) is 0 Å². The maximum Gasteiger partial charge on any atom is 0.342 e. The van der Waals surface area contributed by atoms with Crippen molar-refractivity contribution in [2.45, 2.75) is 6.61 Å². The highest BCUT2D eigenvalue weighted by atomic mass is 79.9. The van der Waals surface area contributed by atoms with E-state index in [1.165, 1.54) is 12.1 Å². The van der Waals surface area contributed by atoms with E-state index in [1.54, 1.807) is 18.5 Å². The lowest BCUT2D eigenvalue weighted by molar-refractivity contribution is 0.0686. The average Bonchev–Trinajstić information content (AvgIpc) is 2.36. The summed E-state index contributed by atoms with van der Waals surface area (Å²) >= 11 is 3.27. The summed E-state index contributed by atoms with van der Waals surface area (Å²) in [6.45, 7) is 0.107. The summed E-state index contributed by atoms with van der Waals surface area (Å²) in [6, 6.07) is 5.68. The van der Waals surface area contributed by atoms with Crippen molar-refractivity contribution in [2.24, 2.45) is 0 Å². The highest BCUT2D eigenvalue weighted by Crippen LogP contribution is 2.22. The normalized spacial score (nSPS) is 10.2. The van der Waals surface area contributed by atoms with E-state index in [2.05, 4.69) is 20.9 Å². The van der Waals surface area contributed by atoms with E-state index in [9.17, 15) is 9.18 Å². The van der Waals surface area contributed by atoms with Gasteiger partial charge < -0.3 is 9.84 Å². The van der Waals surface area contributed by atoms with Crippen LogP contribution in [-0.2, 0) is 6.61 Å². The second kappa shape index (κ2) is 5.79. The number of nitrogens with zero attached hydrogens (tertiary/aromatic N) is 1. The van der Waals surface area contributed by atoms with Gasteiger partial charge >= 0.3 is 5.97 Å². The molecule has 0 radical (unpaired) electrons. The second-order valence-corrected chi connectivity index (χ2v) is 4.63. The average molecular weight is 326 g/mol. The number of carboxylic acid groups (broad SMARTS) is 1. The lowest BCUT2D eigenvalue weighted by Gasteiger charge is -2.09. The molecule has 2 rings (SSSR count). The van der Waals surface area contributed by atoms with E-state index >= 15 is 0 Å². The highest BCUT2D eigenvalue weighted by Gasteiger charge is 2.16. The van der Waals surface area contributed by atoms with Crippen LogP contribution in [0.4, 0.5) is 4.39 Å². The van der Waals surface area contributed by atoms with Crippen molar-refractivity contribution in [3.05, 3.63) is 58.1 Å². The van der Waals surface area contributed by atoms with Gasteiger partial charge in [-0.1, -0.05) is 6.07 Å².